The number of alkyl halides is 6. The van der Waals surface area contributed by atoms with Gasteiger partial charge in [-0.3, -0.25) is 4.90 Å². The van der Waals surface area contributed by atoms with Crippen molar-refractivity contribution in [2.75, 3.05) is 27.2 Å². The van der Waals surface area contributed by atoms with Crippen LogP contribution < -0.4 is 4.74 Å². The standard InChI is InChI=1S/C16H18F6N2O3/c1-23(2)5-6-26-12-4-3-10-8-24(9-11(10)7-12)14(25)27-13(15(17,18)19)16(20,21)22/h3-4,7,13H,5-6,8-9H2,1-2H3. The minimum atomic E-state index is -5.74. The van der Waals surface area contributed by atoms with Gasteiger partial charge in [0.15, 0.2) is 0 Å². The largest absolute Gasteiger partial charge is 0.492 e. The Morgan fingerprint density at radius 3 is 2.26 bits per heavy atom. The minimum absolute atomic E-state index is 0.144. The Morgan fingerprint density at radius 1 is 1.11 bits per heavy atom. The lowest BCUT2D eigenvalue weighted by Crippen LogP contribution is -2.47. The molecule has 2 rings (SSSR count). The molecule has 0 fully saturated rings. The van der Waals surface area contributed by atoms with Crippen molar-refractivity contribution in [3.8, 4) is 5.75 Å². The van der Waals surface area contributed by atoms with E-state index < -0.39 is 24.5 Å². The van der Waals surface area contributed by atoms with Gasteiger partial charge in [-0.25, -0.2) is 4.79 Å². The van der Waals surface area contributed by atoms with Crippen LogP contribution in [0.1, 0.15) is 11.1 Å². The molecule has 0 saturated heterocycles. The van der Waals surface area contributed by atoms with Crippen molar-refractivity contribution < 1.29 is 40.6 Å². The number of carbonyl (C=O) groups excluding carboxylic acids is 1. The number of ether oxygens (including phenoxy) is 2. The molecule has 0 atom stereocenters. The number of nitrogens with zero attached hydrogens (tertiary/aromatic N) is 2. The van der Waals surface area contributed by atoms with Crippen molar-refractivity contribution in [3.63, 3.8) is 0 Å². The summed E-state index contributed by atoms with van der Waals surface area (Å²) in [6.07, 6.45) is -17.3. The van der Waals surface area contributed by atoms with E-state index in [1.54, 1.807) is 18.2 Å². The van der Waals surface area contributed by atoms with Gasteiger partial charge < -0.3 is 14.4 Å². The average Bonchev–Trinajstić information content (AvgIpc) is 2.93. The van der Waals surface area contributed by atoms with Crippen LogP contribution in [0.3, 0.4) is 0 Å². The van der Waals surface area contributed by atoms with Gasteiger partial charge in [-0.2, -0.15) is 26.3 Å². The van der Waals surface area contributed by atoms with Crippen LogP contribution in [-0.2, 0) is 17.8 Å². The fourth-order valence-electron chi connectivity index (χ4n) is 2.43. The van der Waals surface area contributed by atoms with E-state index in [0.29, 0.717) is 30.0 Å². The van der Waals surface area contributed by atoms with Gasteiger partial charge in [-0.1, -0.05) is 6.07 Å². The van der Waals surface area contributed by atoms with Crippen LogP contribution in [0.25, 0.3) is 0 Å². The van der Waals surface area contributed by atoms with Crippen LogP contribution in [0, 0.1) is 0 Å². The Labute approximate surface area is 151 Å². The van der Waals surface area contributed by atoms with Crippen molar-refractivity contribution in [2.24, 2.45) is 0 Å². The highest BCUT2D eigenvalue weighted by Gasteiger charge is 2.60. The number of amides is 1. The quantitative estimate of drug-likeness (QED) is 0.709. The molecule has 1 amide bonds. The minimum Gasteiger partial charge on any atom is -0.492 e. The summed E-state index contributed by atoms with van der Waals surface area (Å²) in [6, 6.07) is 4.83. The summed E-state index contributed by atoms with van der Waals surface area (Å²) in [5.41, 5.74) is 1.17. The van der Waals surface area contributed by atoms with E-state index in [1.807, 2.05) is 19.0 Å². The summed E-state index contributed by atoms with van der Waals surface area (Å²) in [5.74, 6) is 0.495. The van der Waals surface area contributed by atoms with Crippen LogP contribution in [0.15, 0.2) is 18.2 Å². The van der Waals surface area contributed by atoms with Gasteiger partial charge in [-0.15, -0.1) is 0 Å². The van der Waals surface area contributed by atoms with E-state index in [1.165, 1.54) is 0 Å². The Morgan fingerprint density at radius 2 is 1.70 bits per heavy atom. The number of benzene rings is 1. The lowest BCUT2D eigenvalue weighted by Gasteiger charge is -2.25. The molecule has 0 unspecified atom stereocenters. The van der Waals surface area contributed by atoms with Gasteiger partial charge in [0.05, 0.1) is 0 Å². The monoisotopic (exact) mass is 400 g/mol. The average molecular weight is 400 g/mol. The lowest BCUT2D eigenvalue weighted by molar-refractivity contribution is -0.308. The normalized spacial score (nSPS) is 14.7. The first kappa shape index (κ1) is 21.1. The van der Waals surface area contributed by atoms with E-state index in [2.05, 4.69) is 4.74 Å². The molecule has 1 aromatic carbocycles. The smallest absolute Gasteiger partial charge is 0.434 e. The van der Waals surface area contributed by atoms with Gasteiger partial charge in [0, 0.05) is 19.6 Å². The fourth-order valence-corrected chi connectivity index (χ4v) is 2.43. The molecule has 0 N–H and O–H groups in total. The van der Waals surface area contributed by atoms with Gasteiger partial charge in [0.25, 0.3) is 6.10 Å². The van der Waals surface area contributed by atoms with Crippen LogP contribution in [0.4, 0.5) is 31.1 Å². The molecule has 1 aliphatic rings. The zero-order valence-corrected chi connectivity index (χ0v) is 14.5. The molecule has 1 aliphatic heterocycles. The molecular weight excluding hydrogens is 382 g/mol. The first-order valence-electron chi connectivity index (χ1n) is 7.86. The van der Waals surface area contributed by atoms with Crippen LogP contribution in [-0.4, -0.2) is 61.6 Å². The van der Waals surface area contributed by atoms with E-state index in [0.717, 1.165) is 4.90 Å². The molecule has 0 aromatic heterocycles. The van der Waals surface area contributed by atoms with E-state index in [-0.39, 0.29) is 13.1 Å². The van der Waals surface area contributed by atoms with Crippen LogP contribution in [0.2, 0.25) is 0 Å². The highest BCUT2D eigenvalue weighted by Crippen LogP contribution is 2.37. The van der Waals surface area contributed by atoms with Gasteiger partial charge >= 0.3 is 18.4 Å². The Balaban J connectivity index is 2.01. The molecule has 0 saturated carbocycles. The van der Waals surface area contributed by atoms with E-state index in [9.17, 15) is 31.1 Å². The van der Waals surface area contributed by atoms with Crippen molar-refractivity contribution >= 4 is 6.09 Å². The molecular formula is C16H18F6N2O3. The second-order valence-electron chi connectivity index (χ2n) is 6.29. The van der Waals surface area contributed by atoms with E-state index >= 15 is 0 Å². The summed E-state index contributed by atoms with van der Waals surface area (Å²) in [5, 5.41) is 0. The number of fused-ring (bicyclic) bond motifs is 1. The molecule has 0 radical (unpaired) electrons. The third-order valence-electron chi connectivity index (χ3n) is 3.78. The first-order valence-corrected chi connectivity index (χ1v) is 7.86. The zero-order chi connectivity index (χ0) is 20.4. The second kappa shape index (κ2) is 7.83. The second-order valence-corrected chi connectivity index (χ2v) is 6.29. The number of halogens is 6. The molecule has 152 valence electrons. The maximum atomic E-state index is 12.5. The number of carbonyl (C=O) groups is 1. The number of hydrogen-bond acceptors (Lipinski definition) is 4. The summed E-state index contributed by atoms with van der Waals surface area (Å²) in [6.45, 7) is 0.748. The topological polar surface area (TPSA) is 42.0 Å². The Hall–Kier alpha value is -2.17. The van der Waals surface area contributed by atoms with Crippen molar-refractivity contribution in [2.45, 2.75) is 31.5 Å². The summed E-state index contributed by atoms with van der Waals surface area (Å²) < 4.78 is 84.3. The molecule has 0 bridgehead atoms. The molecule has 0 spiro atoms. The predicted octanol–water partition coefficient (Wildman–Crippen LogP) is 3.57. The van der Waals surface area contributed by atoms with Crippen LogP contribution in [0.5, 0.6) is 5.75 Å². The summed E-state index contributed by atoms with van der Waals surface area (Å²) >= 11 is 0. The molecule has 5 nitrogen and oxygen atoms in total. The molecule has 27 heavy (non-hydrogen) atoms. The van der Waals surface area contributed by atoms with Crippen molar-refractivity contribution in [1.82, 2.24) is 9.80 Å². The van der Waals surface area contributed by atoms with Crippen molar-refractivity contribution in [1.29, 1.82) is 0 Å². The lowest BCUT2D eigenvalue weighted by atomic mass is 10.1. The molecule has 1 aromatic rings. The third kappa shape index (κ3) is 5.65. The summed E-state index contributed by atoms with van der Waals surface area (Å²) in [7, 11) is 3.73. The number of rotatable bonds is 5. The fraction of sp³-hybridized carbons (Fsp3) is 0.562. The van der Waals surface area contributed by atoms with Crippen molar-refractivity contribution in [3.05, 3.63) is 29.3 Å². The third-order valence-corrected chi connectivity index (χ3v) is 3.78. The van der Waals surface area contributed by atoms with Gasteiger partial charge in [-0.05, 0) is 37.4 Å². The maximum absolute atomic E-state index is 12.5. The zero-order valence-electron chi connectivity index (χ0n) is 14.5. The van der Waals surface area contributed by atoms with Gasteiger partial charge in [0.2, 0.25) is 0 Å². The SMILES string of the molecule is CN(C)CCOc1ccc2c(c1)CN(C(=O)OC(C(F)(F)F)C(F)(F)F)C2. The highest BCUT2D eigenvalue weighted by molar-refractivity contribution is 5.69. The number of hydrogen-bond donors (Lipinski definition) is 0. The Bertz CT molecular complexity index is 661. The molecule has 11 heteroatoms. The first-order chi connectivity index (χ1) is 12.4. The predicted molar refractivity (Wildman–Crippen MR) is 82.1 cm³/mol. The maximum Gasteiger partial charge on any atom is 0.434 e. The summed E-state index contributed by atoms with van der Waals surface area (Å²) in [4.78, 5) is 14.5. The molecule has 1 heterocycles. The highest BCUT2D eigenvalue weighted by atomic mass is 19.4. The number of likely N-dealkylation sites (N-methyl/N-ethyl adjacent to an activating group) is 1. The van der Waals surface area contributed by atoms with Crippen LogP contribution >= 0.6 is 0 Å². The van der Waals surface area contributed by atoms with E-state index in [4.69, 9.17) is 4.74 Å². The Kier molecular flexibility index (Phi) is 6.13. The molecule has 0 aliphatic carbocycles. The van der Waals surface area contributed by atoms with Gasteiger partial charge in [0.1, 0.15) is 12.4 Å².